The number of amides is 1. The summed E-state index contributed by atoms with van der Waals surface area (Å²) in [7, 11) is 0. The molecule has 0 radical (unpaired) electrons. The van der Waals surface area contributed by atoms with Gasteiger partial charge in [0.25, 0.3) is 0 Å². The zero-order valence-corrected chi connectivity index (χ0v) is 13.2. The molecule has 0 spiro atoms. The van der Waals surface area contributed by atoms with Crippen molar-refractivity contribution in [3.8, 4) is 5.88 Å². The van der Waals surface area contributed by atoms with Gasteiger partial charge in [0.1, 0.15) is 0 Å². The van der Waals surface area contributed by atoms with E-state index in [1.54, 1.807) is 18.3 Å². The molecule has 0 aliphatic heterocycles. The maximum Gasteiger partial charge on any atom is 0.220 e. The number of carbonyl (C=O) groups excluding carboxylic acids is 2. The second-order valence-electron chi connectivity index (χ2n) is 4.58. The van der Waals surface area contributed by atoms with Gasteiger partial charge in [-0.2, -0.15) is 0 Å². The lowest BCUT2D eigenvalue weighted by atomic mass is 10.2. The molecule has 1 N–H and O–H groups in total. The lowest BCUT2D eigenvalue weighted by Crippen LogP contribution is -2.23. The van der Waals surface area contributed by atoms with E-state index in [1.165, 1.54) is 11.3 Å². The smallest absolute Gasteiger partial charge is 0.220 e. The third-order valence-corrected chi connectivity index (χ3v) is 3.89. The van der Waals surface area contributed by atoms with Crippen LogP contribution < -0.4 is 10.1 Å². The number of carbonyl (C=O) groups is 2. The SMILES string of the molecule is CCOc1ncccc1CNC(=O)CCC(=O)c1cccs1. The van der Waals surface area contributed by atoms with Gasteiger partial charge in [0.2, 0.25) is 11.8 Å². The van der Waals surface area contributed by atoms with E-state index in [0.29, 0.717) is 23.9 Å². The summed E-state index contributed by atoms with van der Waals surface area (Å²) >= 11 is 1.39. The van der Waals surface area contributed by atoms with Crippen molar-refractivity contribution in [1.29, 1.82) is 0 Å². The van der Waals surface area contributed by atoms with E-state index in [0.717, 1.165) is 5.56 Å². The van der Waals surface area contributed by atoms with Crippen molar-refractivity contribution in [3.05, 3.63) is 46.3 Å². The van der Waals surface area contributed by atoms with E-state index in [9.17, 15) is 9.59 Å². The summed E-state index contributed by atoms with van der Waals surface area (Å²) in [5.74, 6) is 0.373. The number of nitrogens with zero attached hydrogens (tertiary/aromatic N) is 1. The Morgan fingerprint density at radius 1 is 1.27 bits per heavy atom. The highest BCUT2D eigenvalue weighted by molar-refractivity contribution is 7.12. The fourth-order valence-corrected chi connectivity index (χ4v) is 2.59. The fourth-order valence-electron chi connectivity index (χ4n) is 1.90. The Morgan fingerprint density at radius 3 is 2.86 bits per heavy atom. The molecule has 5 nitrogen and oxygen atoms in total. The Bertz CT molecular complexity index is 626. The molecule has 0 aliphatic rings. The molecule has 0 fully saturated rings. The summed E-state index contributed by atoms with van der Waals surface area (Å²) in [6, 6.07) is 7.25. The Balaban J connectivity index is 1.79. The average Bonchev–Trinajstić information content (AvgIpc) is 3.06. The summed E-state index contributed by atoms with van der Waals surface area (Å²) < 4.78 is 5.40. The highest BCUT2D eigenvalue weighted by atomic mass is 32.1. The number of hydrogen-bond acceptors (Lipinski definition) is 5. The molecule has 6 heteroatoms. The zero-order chi connectivity index (χ0) is 15.8. The monoisotopic (exact) mass is 318 g/mol. The molecule has 0 saturated heterocycles. The standard InChI is InChI=1S/C16H18N2O3S/c1-2-21-16-12(5-3-9-17-16)11-18-15(20)8-7-13(19)14-6-4-10-22-14/h3-6,9-10H,2,7-8,11H2,1H3,(H,18,20). The van der Waals surface area contributed by atoms with Gasteiger partial charge in [-0.1, -0.05) is 12.1 Å². The molecule has 1 amide bonds. The molecule has 2 aromatic rings. The van der Waals surface area contributed by atoms with Crippen molar-refractivity contribution in [2.75, 3.05) is 6.61 Å². The van der Waals surface area contributed by atoms with Crippen LogP contribution in [-0.2, 0) is 11.3 Å². The number of pyridine rings is 1. The van der Waals surface area contributed by atoms with Crippen LogP contribution in [0.15, 0.2) is 35.8 Å². The minimum Gasteiger partial charge on any atom is -0.478 e. The van der Waals surface area contributed by atoms with Crippen molar-refractivity contribution >= 4 is 23.0 Å². The molecule has 22 heavy (non-hydrogen) atoms. The third kappa shape index (κ3) is 4.66. The quantitative estimate of drug-likeness (QED) is 0.760. The molecule has 0 aromatic carbocycles. The molecule has 0 atom stereocenters. The summed E-state index contributed by atoms with van der Waals surface area (Å²) in [6.07, 6.45) is 2.05. The van der Waals surface area contributed by atoms with Crippen molar-refractivity contribution in [2.45, 2.75) is 26.3 Å². The Hall–Kier alpha value is -2.21. The van der Waals surface area contributed by atoms with Crippen molar-refractivity contribution in [1.82, 2.24) is 10.3 Å². The summed E-state index contributed by atoms with van der Waals surface area (Å²) in [4.78, 5) is 28.5. The minimum absolute atomic E-state index is 0.00142. The van der Waals surface area contributed by atoms with Gasteiger partial charge in [0.05, 0.1) is 11.5 Å². The Morgan fingerprint density at radius 2 is 2.14 bits per heavy atom. The maximum absolute atomic E-state index is 11.8. The van der Waals surface area contributed by atoms with Crippen molar-refractivity contribution < 1.29 is 14.3 Å². The van der Waals surface area contributed by atoms with E-state index in [-0.39, 0.29) is 24.5 Å². The van der Waals surface area contributed by atoms with Crippen LogP contribution in [0.2, 0.25) is 0 Å². The van der Waals surface area contributed by atoms with E-state index in [2.05, 4.69) is 10.3 Å². The van der Waals surface area contributed by atoms with Gasteiger partial charge < -0.3 is 10.1 Å². The van der Waals surface area contributed by atoms with Crippen LogP contribution in [0.4, 0.5) is 0 Å². The summed E-state index contributed by atoms with van der Waals surface area (Å²) in [6.45, 7) is 2.75. The summed E-state index contributed by atoms with van der Waals surface area (Å²) in [5.41, 5.74) is 0.822. The first-order valence-corrected chi connectivity index (χ1v) is 7.98. The predicted octanol–water partition coefficient (Wildman–Crippen LogP) is 2.82. The van der Waals surface area contributed by atoms with Gasteiger partial charge >= 0.3 is 0 Å². The average molecular weight is 318 g/mol. The zero-order valence-electron chi connectivity index (χ0n) is 12.4. The number of rotatable bonds is 8. The van der Waals surface area contributed by atoms with Gasteiger partial charge in [-0.25, -0.2) is 4.98 Å². The molecule has 0 unspecified atom stereocenters. The fraction of sp³-hybridized carbons (Fsp3) is 0.312. The van der Waals surface area contributed by atoms with Gasteiger partial charge in [-0.05, 0) is 24.4 Å². The molecule has 116 valence electrons. The first kappa shape index (κ1) is 16.2. The van der Waals surface area contributed by atoms with Gasteiger partial charge in [-0.3, -0.25) is 9.59 Å². The lowest BCUT2D eigenvalue weighted by Gasteiger charge is -2.09. The van der Waals surface area contributed by atoms with Crippen molar-refractivity contribution in [3.63, 3.8) is 0 Å². The van der Waals surface area contributed by atoms with E-state index >= 15 is 0 Å². The number of Topliss-reactive ketones (excluding diaryl/α,β-unsaturated/α-hetero) is 1. The predicted molar refractivity (Wildman–Crippen MR) is 85.1 cm³/mol. The highest BCUT2D eigenvalue weighted by Crippen LogP contribution is 2.14. The third-order valence-electron chi connectivity index (χ3n) is 2.98. The van der Waals surface area contributed by atoms with Crippen LogP contribution in [-0.4, -0.2) is 23.3 Å². The first-order valence-electron chi connectivity index (χ1n) is 7.10. The molecular formula is C16H18N2O3S. The van der Waals surface area contributed by atoms with Crippen molar-refractivity contribution in [2.24, 2.45) is 0 Å². The molecule has 0 bridgehead atoms. The second-order valence-corrected chi connectivity index (χ2v) is 5.53. The Labute approximate surface area is 133 Å². The number of hydrogen-bond donors (Lipinski definition) is 1. The summed E-state index contributed by atoms with van der Waals surface area (Å²) in [5, 5.41) is 4.64. The second kappa shape index (κ2) is 8.29. The van der Waals surface area contributed by atoms with Crippen LogP contribution in [0.5, 0.6) is 5.88 Å². The van der Waals surface area contributed by atoms with Gasteiger partial charge in [-0.15, -0.1) is 11.3 Å². The van der Waals surface area contributed by atoms with E-state index in [1.807, 2.05) is 24.4 Å². The molecule has 2 aromatic heterocycles. The molecular weight excluding hydrogens is 300 g/mol. The number of ketones is 1. The van der Waals surface area contributed by atoms with Crippen LogP contribution >= 0.6 is 11.3 Å². The number of thiophene rings is 1. The number of ether oxygens (including phenoxy) is 1. The lowest BCUT2D eigenvalue weighted by molar-refractivity contribution is -0.121. The maximum atomic E-state index is 11.8. The Kier molecular flexibility index (Phi) is 6.09. The molecule has 0 aliphatic carbocycles. The van der Waals surface area contributed by atoms with E-state index in [4.69, 9.17) is 4.74 Å². The minimum atomic E-state index is -0.156. The molecule has 2 heterocycles. The molecule has 0 saturated carbocycles. The van der Waals surface area contributed by atoms with Gasteiger partial charge in [0, 0.05) is 31.1 Å². The highest BCUT2D eigenvalue weighted by Gasteiger charge is 2.11. The van der Waals surface area contributed by atoms with Crippen LogP contribution in [0.25, 0.3) is 0 Å². The normalized spacial score (nSPS) is 10.2. The largest absolute Gasteiger partial charge is 0.478 e. The topological polar surface area (TPSA) is 68.3 Å². The van der Waals surface area contributed by atoms with Crippen LogP contribution in [0, 0.1) is 0 Å². The molecule has 2 rings (SSSR count). The van der Waals surface area contributed by atoms with Crippen LogP contribution in [0.3, 0.4) is 0 Å². The van der Waals surface area contributed by atoms with Crippen LogP contribution in [0.1, 0.15) is 35.0 Å². The van der Waals surface area contributed by atoms with Gasteiger partial charge in [0.15, 0.2) is 5.78 Å². The number of nitrogens with one attached hydrogen (secondary N) is 1. The van der Waals surface area contributed by atoms with E-state index < -0.39 is 0 Å². The number of aromatic nitrogens is 1. The first-order chi connectivity index (χ1) is 10.7.